The van der Waals surface area contributed by atoms with E-state index in [9.17, 15) is 9.90 Å². The molecule has 4 heteroatoms. The second-order valence-corrected chi connectivity index (χ2v) is 9.44. The summed E-state index contributed by atoms with van der Waals surface area (Å²) in [7, 11) is 0. The maximum absolute atomic E-state index is 11.6. The molecule has 0 saturated heterocycles. The van der Waals surface area contributed by atoms with Gasteiger partial charge < -0.3 is 14.6 Å². The van der Waals surface area contributed by atoms with Gasteiger partial charge in [-0.05, 0) is 77.6 Å². The lowest BCUT2D eigenvalue weighted by Crippen LogP contribution is -2.13. The molecule has 0 spiro atoms. The molecule has 3 rings (SSSR count). The Labute approximate surface area is 222 Å². The molecule has 3 aromatic carbocycles. The number of rotatable bonds is 14. The summed E-state index contributed by atoms with van der Waals surface area (Å²) in [5.74, 6) is 0.273. The first kappa shape index (κ1) is 28.2. The van der Waals surface area contributed by atoms with Gasteiger partial charge in [-0.3, -0.25) is 0 Å². The van der Waals surface area contributed by atoms with E-state index in [1.54, 1.807) is 6.92 Å². The summed E-state index contributed by atoms with van der Waals surface area (Å²) in [6, 6.07) is 21.7. The number of benzene rings is 3. The van der Waals surface area contributed by atoms with Crippen LogP contribution in [0.3, 0.4) is 0 Å². The van der Waals surface area contributed by atoms with Crippen molar-refractivity contribution in [1.29, 1.82) is 0 Å². The van der Waals surface area contributed by atoms with E-state index in [1.807, 2.05) is 12.1 Å². The molecule has 37 heavy (non-hydrogen) atoms. The predicted octanol–water partition coefficient (Wildman–Crippen LogP) is 7.35. The second-order valence-electron chi connectivity index (χ2n) is 9.44. The Hall–Kier alpha value is -3.37. The number of aliphatic hydroxyl groups is 1. The van der Waals surface area contributed by atoms with Gasteiger partial charge in [0.05, 0.1) is 0 Å². The molecular formula is C33H40O4. The second kappa shape index (κ2) is 14.4. The molecule has 0 atom stereocenters. The van der Waals surface area contributed by atoms with Crippen LogP contribution in [0.4, 0.5) is 0 Å². The first-order valence-electron chi connectivity index (χ1n) is 13.4. The first-order valence-corrected chi connectivity index (χ1v) is 13.4. The summed E-state index contributed by atoms with van der Waals surface area (Å²) in [4.78, 5) is 11.6. The van der Waals surface area contributed by atoms with E-state index in [-0.39, 0.29) is 19.8 Å². The SMILES string of the molecule is C=C(C)C(=O)OCCOc1cc(-c2ccc(-c3ccc(CCCCC)cc3)cc2CC)ccc1CCO. The smallest absolute Gasteiger partial charge is 0.333 e. The van der Waals surface area contributed by atoms with Gasteiger partial charge in [-0.2, -0.15) is 0 Å². The fourth-order valence-electron chi connectivity index (χ4n) is 4.38. The number of hydrogen-bond acceptors (Lipinski definition) is 4. The zero-order valence-corrected chi connectivity index (χ0v) is 22.5. The highest BCUT2D eigenvalue weighted by atomic mass is 16.6. The number of unbranched alkanes of at least 4 members (excludes halogenated alkanes) is 2. The first-order chi connectivity index (χ1) is 18.0. The third-order valence-corrected chi connectivity index (χ3v) is 6.52. The molecule has 0 heterocycles. The molecule has 0 unspecified atom stereocenters. The molecule has 1 N–H and O–H groups in total. The predicted molar refractivity (Wildman–Crippen MR) is 152 cm³/mol. The highest BCUT2D eigenvalue weighted by Gasteiger charge is 2.12. The lowest BCUT2D eigenvalue weighted by Gasteiger charge is -2.16. The Morgan fingerprint density at radius 3 is 2.24 bits per heavy atom. The highest BCUT2D eigenvalue weighted by Crippen LogP contribution is 2.33. The maximum atomic E-state index is 11.6. The van der Waals surface area contributed by atoms with Crippen LogP contribution in [0.15, 0.2) is 72.8 Å². The van der Waals surface area contributed by atoms with E-state index in [2.05, 4.69) is 69.0 Å². The third-order valence-electron chi connectivity index (χ3n) is 6.52. The van der Waals surface area contributed by atoms with Gasteiger partial charge in [-0.15, -0.1) is 0 Å². The molecule has 196 valence electrons. The maximum Gasteiger partial charge on any atom is 0.333 e. The van der Waals surface area contributed by atoms with Crippen LogP contribution in [-0.2, 0) is 28.8 Å². The molecule has 0 bridgehead atoms. The van der Waals surface area contributed by atoms with E-state index in [0.717, 1.165) is 29.5 Å². The summed E-state index contributed by atoms with van der Waals surface area (Å²) >= 11 is 0. The monoisotopic (exact) mass is 500 g/mol. The van der Waals surface area contributed by atoms with Gasteiger partial charge >= 0.3 is 5.97 Å². The molecule has 0 aliphatic heterocycles. The van der Waals surface area contributed by atoms with E-state index >= 15 is 0 Å². The van der Waals surface area contributed by atoms with Gasteiger partial charge in [-0.1, -0.05) is 87.9 Å². The Morgan fingerprint density at radius 1 is 0.838 bits per heavy atom. The molecule has 0 saturated carbocycles. The Morgan fingerprint density at radius 2 is 1.57 bits per heavy atom. The molecule has 0 fully saturated rings. The van der Waals surface area contributed by atoms with Crippen molar-refractivity contribution in [2.75, 3.05) is 19.8 Å². The molecule has 0 aliphatic rings. The lowest BCUT2D eigenvalue weighted by molar-refractivity contribution is -0.139. The van der Waals surface area contributed by atoms with Crippen molar-refractivity contribution in [2.45, 2.75) is 59.3 Å². The molecule has 4 nitrogen and oxygen atoms in total. The summed E-state index contributed by atoms with van der Waals surface area (Å²) in [5.41, 5.74) is 8.62. The minimum absolute atomic E-state index is 0.0344. The molecule has 3 aromatic rings. The number of carbonyl (C=O) groups is 1. The molecule has 0 radical (unpaired) electrons. The quantitative estimate of drug-likeness (QED) is 0.143. The van der Waals surface area contributed by atoms with Crippen LogP contribution in [0.5, 0.6) is 5.75 Å². The highest BCUT2D eigenvalue weighted by molar-refractivity contribution is 5.86. The van der Waals surface area contributed by atoms with E-state index < -0.39 is 5.97 Å². The number of aryl methyl sites for hydroxylation is 2. The van der Waals surface area contributed by atoms with Gasteiger partial charge in [0, 0.05) is 12.2 Å². The van der Waals surface area contributed by atoms with Gasteiger partial charge in [0.2, 0.25) is 0 Å². The van der Waals surface area contributed by atoms with Crippen molar-refractivity contribution < 1.29 is 19.4 Å². The van der Waals surface area contributed by atoms with E-state index in [1.165, 1.54) is 41.5 Å². The van der Waals surface area contributed by atoms with Crippen LogP contribution in [0.2, 0.25) is 0 Å². The number of esters is 1. The van der Waals surface area contributed by atoms with Crippen molar-refractivity contribution >= 4 is 5.97 Å². The van der Waals surface area contributed by atoms with Crippen LogP contribution in [0, 0.1) is 0 Å². The fraction of sp³-hybridized carbons (Fsp3) is 0.364. The number of hydrogen-bond donors (Lipinski definition) is 1. The zero-order chi connectivity index (χ0) is 26.6. The topological polar surface area (TPSA) is 55.8 Å². The van der Waals surface area contributed by atoms with E-state index in [4.69, 9.17) is 9.47 Å². The standard InChI is InChI=1S/C33H40O4/c1-5-7-8-9-25-10-12-27(13-11-25)29-16-17-31(26(6-2)22-29)30-15-14-28(18-19-34)32(23-30)36-20-21-37-33(35)24(3)4/h10-17,22-23,34H,3,5-9,18-21H2,1-2,4H3. The zero-order valence-electron chi connectivity index (χ0n) is 22.5. The van der Waals surface area contributed by atoms with Crippen LogP contribution in [0.25, 0.3) is 22.3 Å². The summed E-state index contributed by atoms with van der Waals surface area (Å²) in [6.07, 6.45) is 6.30. The number of aliphatic hydroxyl groups excluding tert-OH is 1. The normalized spacial score (nSPS) is 10.8. The minimum atomic E-state index is -0.424. The average molecular weight is 501 g/mol. The number of ether oxygens (including phenoxy) is 2. The average Bonchev–Trinajstić information content (AvgIpc) is 2.92. The van der Waals surface area contributed by atoms with Gasteiger partial charge in [0.1, 0.15) is 19.0 Å². The van der Waals surface area contributed by atoms with Gasteiger partial charge in [0.15, 0.2) is 0 Å². The van der Waals surface area contributed by atoms with Crippen LogP contribution in [0.1, 0.15) is 56.7 Å². The van der Waals surface area contributed by atoms with Crippen molar-refractivity contribution in [1.82, 2.24) is 0 Å². The van der Waals surface area contributed by atoms with E-state index in [0.29, 0.717) is 17.7 Å². The van der Waals surface area contributed by atoms with Gasteiger partial charge in [-0.25, -0.2) is 4.79 Å². The Bertz CT molecular complexity index is 1180. The number of carbonyl (C=O) groups excluding carboxylic acids is 1. The summed E-state index contributed by atoms with van der Waals surface area (Å²) < 4.78 is 11.1. The summed E-state index contributed by atoms with van der Waals surface area (Å²) in [5, 5.41) is 9.49. The van der Waals surface area contributed by atoms with Crippen LogP contribution in [-0.4, -0.2) is 30.9 Å². The largest absolute Gasteiger partial charge is 0.490 e. The molecule has 0 amide bonds. The van der Waals surface area contributed by atoms with Crippen molar-refractivity contribution in [3.05, 3.63) is 89.5 Å². The van der Waals surface area contributed by atoms with Crippen molar-refractivity contribution in [3.8, 4) is 28.0 Å². The molecular weight excluding hydrogens is 460 g/mol. The Kier molecular flexibility index (Phi) is 11.0. The minimum Gasteiger partial charge on any atom is -0.490 e. The fourth-order valence-corrected chi connectivity index (χ4v) is 4.38. The van der Waals surface area contributed by atoms with Crippen LogP contribution < -0.4 is 4.74 Å². The van der Waals surface area contributed by atoms with Crippen molar-refractivity contribution in [3.63, 3.8) is 0 Å². The van der Waals surface area contributed by atoms with Gasteiger partial charge in [0.25, 0.3) is 0 Å². The van der Waals surface area contributed by atoms with Crippen molar-refractivity contribution in [2.24, 2.45) is 0 Å². The molecule has 0 aliphatic carbocycles. The van der Waals surface area contributed by atoms with Crippen LogP contribution >= 0.6 is 0 Å². The molecule has 0 aromatic heterocycles. The summed E-state index contributed by atoms with van der Waals surface area (Å²) in [6.45, 7) is 10.0. The third kappa shape index (κ3) is 8.06. The Balaban J connectivity index is 1.79. The lowest BCUT2D eigenvalue weighted by atomic mass is 9.92.